The normalized spacial score (nSPS) is 31.9. The topological polar surface area (TPSA) is 75.3 Å². The van der Waals surface area contributed by atoms with Crippen LogP contribution in [0.15, 0.2) is 12.4 Å². The van der Waals surface area contributed by atoms with Gasteiger partial charge in [0.25, 0.3) is 0 Å². The van der Waals surface area contributed by atoms with Crippen molar-refractivity contribution in [3.05, 3.63) is 18.1 Å². The molecule has 5 heteroatoms. The van der Waals surface area contributed by atoms with Crippen LogP contribution >= 0.6 is 0 Å². The van der Waals surface area contributed by atoms with Crippen LogP contribution in [-0.4, -0.2) is 38.7 Å². The second kappa shape index (κ2) is 5.06. The van der Waals surface area contributed by atoms with Gasteiger partial charge in [0, 0.05) is 25.6 Å². The molecule has 1 aliphatic carbocycles. The monoisotopic (exact) mass is 262 g/mol. The molecule has 104 valence electrons. The molecule has 3 rings (SSSR count). The first-order chi connectivity index (χ1) is 9.16. The fourth-order valence-electron chi connectivity index (χ4n) is 3.46. The SMILES string of the molecule is Nc1cnc(CN2CCC3(O)CCCCC3C2)cn1. The van der Waals surface area contributed by atoms with E-state index in [9.17, 15) is 5.11 Å². The van der Waals surface area contributed by atoms with Crippen LogP contribution in [0.4, 0.5) is 5.82 Å². The van der Waals surface area contributed by atoms with Crippen LogP contribution in [0.1, 0.15) is 37.8 Å². The van der Waals surface area contributed by atoms with Gasteiger partial charge in [-0.25, -0.2) is 4.98 Å². The van der Waals surface area contributed by atoms with Crippen molar-refractivity contribution in [2.75, 3.05) is 18.8 Å². The Bertz CT molecular complexity index is 436. The number of likely N-dealkylation sites (tertiary alicyclic amines) is 1. The Morgan fingerprint density at radius 2 is 2.21 bits per heavy atom. The van der Waals surface area contributed by atoms with Gasteiger partial charge in [0.15, 0.2) is 0 Å². The second-order valence-electron chi connectivity index (χ2n) is 5.96. The third-order valence-electron chi connectivity index (χ3n) is 4.62. The highest BCUT2D eigenvalue weighted by atomic mass is 16.3. The molecule has 19 heavy (non-hydrogen) atoms. The standard InChI is InChI=1S/C14H22N4O/c15-13-8-16-12(7-17-13)10-18-6-5-14(19)4-2-1-3-11(14)9-18/h7-8,11,19H,1-6,9-10H2,(H2,15,17). The average Bonchev–Trinajstić information content (AvgIpc) is 2.41. The van der Waals surface area contributed by atoms with E-state index in [2.05, 4.69) is 14.9 Å². The van der Waals surface area contributed by atoms with E-state index in [1.165, 1.54) is 12.8 Å². The van der Waals surface area contributed by atoms with Crippen LogP contribution < -0.4 is 5.73 Å². The number of fused-ring (bicyclic) bond motifs is 1. The Morgan fingerprint density at radius 3 is 3.00 bits per heavy atom. The molecular weight excluding hydrogens is 240 g/mol. The van der Waals surface area contributed by atoms with Gasteiger partial charge in [-0.1, -0.05) is 12.8 Å². The minimum absolute atomic E-state index is 0.401. The Labute approximate surface area is 113 Å². The number of rotatable bonds is 2. The summed E-state index contributed by atoms with van der Waals surface area (Å²) in [5, 5.41) is 10.6. The van der Waals surface area contributed by atoms with Crippen molar-refractivity contribution in [3.63, 3.8) is 0 Å². The quantitative estimate of drug-likeness (QED) is 0.837. The van der Waals surface area contributed by atoms with Gasteiger partial charge < -0.3 is 10.8 Å². The van der Waals surface area contributed by atoms with Crippen molar-refractivity contribution in [1.29, 1.82) is 0 Å². The summed E-state index contributed by atoms with van der Waals surface area (Å²) >= 11 is 0. The lowest BCUT2D eigenvalue weighted by Gasteiger charge is -2.47. The zero-order valence-corrected chi connectivity index (χ0v) is 11.3. The van der Waals surface area contributed by atoms with Gasteiger partial charge >= 0.3 is 0 Å². The molecule has 3 N–H and O–H groups in total. The summed E-state index contributed by atoms with van der Waals surface area (Å²) in [7, 11) is 0. The van der Waals surface area contributed by atoms with E-state index in [0.717, 1.165) is 44.6 Å². The predicted octanol–water partition coefficient (Wildman–Crippen LogP) is 1.19. The lowest BCUT2D eigenvalue weighted by Crippen LogP contribution is -2.53. The van der Waals surface area contributed by atoms with Crippen molar-refractivity contribution >= 4 is 5.82 Å². The fourth-order valence-corrected chi connectivity index (χ4v) is 3.46. The summed E-state index contributed by atoms with van der Waals surface area (Å²) in [6.07, 6.45) is 8.81. The van der Waals surface area contributed by atoms with Gasteiger partial charge in [-0.05, 0) is 19.3 Å². The number of piperidine rings is 1. The summed E-state index contributed by atoms with van der Waals surface area (Å²) in [6, 6.07) is 0. The largest absolute Gasteiger partial charge is 0.390 e. The fraction of sp³-hybridized carbons (Fsp3) is 0.714. The number of aromatic nitrogens is 2. The molecule has 2 aliphatic rings. The number of hydrogen-bond acceptors (Lipinski definition) is 5. The minimum Gasteiger partial charge on any atom is -0.390 e. The lowest BCUT2D eigenvalue weighted by molar-refractivity contribution is -0.0969. The van der Waals surface area contributed by atoms with E-state index < -0.39 is 5.60 Å². The summed E-state index contributed by atoms with van der Waals surface area (Å²) in [4.78, 5) is 10.8. The highest BCUT2D eigenvalue weighted by Gasteiger charge is 2.42. The zero-order valence-electron chi connectivity index (χ0n) is 11.3. The number of anilines is 1. The van der Waals surface area contributed by atoms with Crippen LogP contribution in [-0.2, 0) is 6.54 Å². The van der Waals surface area contributed by atoms with E-state index in [1.54, 1.807) is 12.4 Å². The highest BCUT2D eigenvalue weighted by molar-refractivity contribution is 5.22. The molecule has 1 aliphatic heterocycles. The summed E-state index contributed by atoms with van der Waals surface area (Å²) in [5.74, 6) is 0.890. The molecule has 1 aromatic rings. The number of hydrogen-bond donors (Lipinski definition) is 2. The molecular formula is C14H22N4O. The van der Waals surface area contributed by atoms with Crippen molar-refractivity contribution in [2.45, 2.75) is 44.2 Å². The van der Waals surface area contributed by atoms with Gasteiger partial charge in [0.1, 0.15) is 5.82 Å². The van der Waals surface area contributed by atoms with E-state index >= 15 is 0 Å². The molecule has 2 atom stereocenters. The second-order valence-corrected chi connectivity index (χ2v) is 5.96. The smallest absolute Gasteiger partial charge is 0.141 e. The average molecular weight is 262 g/mol. The van der Waals surface area contributed by atoms with Gasteiger partial charge in [-0.15, -0.1) is 0 Å². The van der Waals surface area contributed by atoms with E-state index in [4.69, 9.17) is 5.73 Å². The van der Waals surface area contributed by atoms with Gasteiger partial charge in [0.2, 0.25) is 0 Å². The summed E-state index contributed by atoms with van der Waals surface area (Å²) < 4.78 is 0. The summed E-state index contributed by atoms with van der Waals surface area (Å²) in [6.45, 7) is 2.72. The van der Waals surface area contributed by atoms with Crippen molar-refractivity contribution < 1.29 is 5.11 Å². The van der Waals surface area contributed by atoms with Crippen LogP contribution in [0.25, 0.3) is 0 Å². The lowest BCUT2D eigenvalue weighted by atomic mass is 9.71. The Kier molecular flexibility index (Phi) is 3.41. The molecule has 2 heterocycles. The maximum absolute atomic E-state index is 10.6. The Balaban J connectivity index is 1.63. The molecule has 0 bridgehead atoms. The van der Waals surface area contributed by atoms with Crippen LogP contribution in [0.2, 0.25) is 0 Å². The molecule has 2 unspecified atom stereocenters. The van der Waals surface area contributed by atoms with Crippen molar-refractivity contribution in [1.82, 2.24) is 14.9 Å². The molecule has 0 radical (unpaired) electrons. The number of aliphatic hydroxyl groups is 1. The number of nitrogens with zero attached hydrogens (tertiary/aromatic N) is 3. The van der Waals surface area contributed by atoms with Gasteiger partial charge in [0.05, 0.1) is 23.7 Å². The maximum atomic E-state index is 10.6. The van der Waals surface area contributed by atoms with Crippen LogP contribution in [0, 0.1) is 5.92 Å². The third-order valence-corrected chi connectivity index (χ3v) is 4.62. The Morgan fingerprint density at radius 1 is 1.32 bits per heavy atom. The van der Waals surface area contributed by atoms with Gasteiger partial charge in [-0.3, -0.25) is 9.88 Å². The highest BCUT2D eigenvalue weighted by Crippen LogP contribution is 2.39. The van der Waals surface area contributed by atoms with Crippen molar-refractivity contribution in [3.8, 4) is 0 Å². The van der Waals surface area contributed by atoms with E-state index in [0.29, 0.717) is 11.7 Å². The zero-order chi connectivity index (χ0) is 13.3. The van der Waals surface area contributed by atoms with E-state index in [1.807, 2.05) is 0 Å². The Hall–Kier alpha value is -1.20. The van der Waals surface area contributed by atoms with Crippen LogP contribution in [0.3, 0.4) is 0 Å². The van der Waals surface area contributed by atoms with Gasteiger partial charge in [-0.2, -0.15) is 0 Å². The third kappa shape index (κ3) is 2.72. The first kappa shape index (κ1) is 12.8. The number of nitrogen functional groups attached to an aromatic ring is 1. The molecule has 0 spiro atoms. The predicted molar refractivity (Wildman–Crippen MR) is 73.2 cm³/mol. The molecule has 2 fully saturated rings. The number of nitrogens with two attached hydrogens (primary N) is 1. The molecule has 0 amide bonds. The first-order valence-corrected chi connectivity index (χ1v) is 7.17. The van der Waals surface area contributed by atoms with E-state index in [-0.39, 0.29) is 0 Å². The molecule has 0 aromatic carbocycles. The first-order valence-electron chi connectivity index (χ1n) is 7.17. The summed E-state index contributed by atoms with van der Waals surface area (Å²) in [5.41, 5.74) is 6.10. The minimum atomic E-state index is -0.401. The molecule has 1 aromatic heterocycles. The molecule has 5 nitrogen and oxygen atoms in total. The molecule has 1 saturated carbocycles. The maximum Gasteiger partial charge on any atom is 0.141 e. The van der Waals surface area contributed by atoms with Crippen LogP contribution in [0.5, 0.6) is 0 Å². The molecule has 1 saturated heterocycles. The van der Waals surface area contributed by atoms with Crippen molar-refractivity contribution in [2.24, 2.45) is 5.92 Å².